The van der Waals surface area contributed by atoms with Crippen LogP contribution in [0.15, 0.2) is 29.2 Å². The molecule has 0 unspecified atom stereocenters. The van der Waals surface area contributed by atoms with Crippen LogP contribution < -0.4 is 0 Å². The number of hydrogen-bond donors (Lipinski definition) is 0. The van der Waals surface area contributed by atoms with Gasteiger partial charge < -0.3 is 9.64 Å². The Labute approximate surface area is 127 Å². The van der Waals surface area contributed by atoms with Gasteiger partial charge in [-0.1, -0.05) is 6.07 Å². The molecule has 114 valence electrons. The van der Waals surface area contributed by atoms with E-state index in [1.165, 1.54) is 6.07 Å². The van der Waals surface area contributed by atoms with Gasteiger partial charge in [0.1, 0.15) is 5.60 Å². The van der Waals surface area contributed by atoms with Crippen molar-refractivity contribution < 1.29 is 14.5 Å². The minimum atomic E-state index is -0.491. The molecule has 1 saturated heterocycles. The van der Waals surface area contributed by atoms with Crippen molar-refractivity contribution in [1.29, 1.82) is 0 Å². The molecule has 0 aromatic heterocycles. The lowest BCUT2D eigenvalue weighted by molar-refractivity contribution is -0.385. The molecular formula is C14H18N2O4S. The number of thioether (sulfide) groups is 1. The molecule has 0 aliphatic carbocycles. The minimum absolute atomic E-state index is 0.0864. The molecule has 1 aromatic carbocycles. The second-order valence-corrected chi connectivity index (χ2v) is 7.25. The topological polar surface area (TPSA) is 72.7 Å². The van der Waals surface area contributed by atoms with E-state index in [2.05, 4.69) is 0 Å². The molecule has 0 spiro atoms. The Hall–Kier alpha value is -1.76. The van der Waals surface area contributed by atoms with Crippen molar-refractivity contribution in [3.05, 3.63) is 34.4 Å². The maximum absolute atomic E-state index is 11.8. The second-order valence-electron chi connectivity index (χ2n) is 5.88. The SMILES string of the molecule is CC(C)(C)OC(=O)N1CC(Sc2cccc([N+](=O)[O-])c2)C1. The third-order valence-electron chi connectivity index (χ3n) is 2.83. The molecule has 1 aliphatic heterocycles. The van der Waals surface area contributed by atoms with Crippen LogP contribution >= 0.6 is 11.8 Å². The molecule has 0 N–H and O–H groups in total. The minimum Gasteiger partial charge on any atom is -0.444 e. The van der Waals surface area contributed by atoms with E-state index in [-0.39, 0.29) is 17.0 Å². The van der Waals surface area contributed by atoms with E-state index >= 15 is 0 Å². The zero-order chi connectivity index (χ0) is 15.6. The maximum atomic E-state index is 11.8. The molecule has 0 saturated carbocycles. The standard InChI is InChI=1S/C14H18N2O4S/c1-14(2,3)20-13(17)15-8-12(9-15)21-11-6-4-5-10(7-11)16(18)19/h4-7,12H,8-9H2,1-3H3. The predicted molar refractivity (Wildman–Crippen MR) is 80.5 cm³/mol. The Morgan fingerprint density at radius 3 is 2.67 bits per heavy atom. The van der Waals surface area contributed by atoms with Crippen LogP contribution in [0.2, 0.25) is 0 Å². The first kappa shape index (κ1) is 15.6. The summed E-state index contributed by atoms with van der Waals surface area (Å²) in [6.07, 6.45) is -0.307. The van der Waals surface area contributed by atoms with Gasteiger partial charge in [-0.3, -0.25) is 10.1 Å². The van der Waals surface area contributed by atoms with E-state index in [0.29, 0.717) is 13.1 Å². The van der Waals surface area contributed by atoms with Crippen molar-refractivity contribution in [1.82, 2.24) is 4.90 Å². The third-order valence-corrected chi connectivity index (χ3v) is 3.99. The number of rotatable bonds is 3. The maximum Gasteiger partial charge on any atom is 0.410 e. The average molecular weight is 310 g/mol. The van der Waals surface area contributed by atoms with Gasteiger partial charge in [-0.25, -0.2) is 4.79 Å². The monoisotopic (exact) mass is 310 g/mol. The highest BCUT2D eigenvalue weighted by molar-refractivity contribution is 8.00. The van der Waals surface area contributed by atoms with Crippen LogP contribution in [0.25, 0.3) is 0 Å². The van der Waals surface area contributed by atoms with E-state index in [1.54, 1.807) is 28.8 Å². The Morgan fingerprint density at radius 1 is 1.43 bits per heavy atom. The fraction of sp³-hybridized carbons (Fsp3) is 0.500. The van der Waals surface area contributed by atoms with Crippen molar-refractivity contribution in [3.8, 4) is 0 Å². The number of carbonyl (C=O) groups excluding carboxylic acids is 1. The predicted octanol–water partition coefficient (Wildman–Crippen LogP) is 3.31. The van der Waals surface area contributed by atoms with Crippen LogP contribution in [0.4, 0.5) is 10.5 Å². The smallest absolute Gasteiger partial charge is 0.410 e. The summed E-state index contributed by atoms with van der Waals surface area (Å²) in [5.74, 6) is 0. The highest BCUT2D eigenvalue weighted by Crippen LogP contribution is 2.32. The molecule has 2 rings (SSSR count). The summed E-state index contributed by atoms with van der Waals surface area (Å²) >= 11 is 1.55. The van der Waals surface area contributed by atoms with Crippen LogP contribution in [0.5, 0.6) is 0 Å². The molecule has 1 fully saturated rings. The van der Waals surface area contributed by atoms with Gasteiger partial charge in [0.05, 0.1) is 4.92 Å². The lowest BCUT2D eigenvalue weighted by atomic mass is 10.2. The molecule has 1 heterocycles. The zero-order valence-corrected chi connectivity index (χ0v) is 13.1. The molecule has 7 heteroatoms. The number of benzene rings is 1. The Morgan fingerprint density at radius 2 is 2.10 bits per heavy atom. The Bertz CT molecular complexity index is 550. The number of hydrogen-bond acceptors (Lipinski definition) is 5. The third kappa shape index (κ3) is 4.35. The van der Waals surface area contributed by atoms with Crippen LogP contribution in [0, 0.1) is 10.1 Å². The van der Waals surface area contributed by atoms with E-state index < -0.39 is 10.5 Å². The van der Waals surface area contributed by atoms with Crippen molar-refractivity contribution in [2.24, 2.45) is 0 Å². The number of nitro benzene ring substituents is 1. The molecule has 1 amide bonds. The Balaban J connectivity index is 1.84. The van der Waals surface area contributed by atoms with Crippen molar-refractivity contribution in [2.45, 2.75) is 36.5 Å². The lowest BCUT2D eigenvalue weighted by Crippen LogP contribution is -2.53. The van der Waals surface area contributed by atoms with Gasteiger partial charge in [0, 0.05) is 35.4 Å². The molecule has 0 bridgehead atoms. The van der Waals surface area contributed by atoms with Crippen molar-refractivity contribution in [3.63, 3.8) is 0 Å². The number of ether oxygens (including phenoxy) is 1. The van der Waals surface area contributed by atoms with Gasteiger partial charge in [-0.2, -0.15) is 0 Å². The van der Waals surface area contributed by atoms with Crippen LogP contribution in [0.1, 0.15) is 20.8 Å². The van der Waals surface area contributed by atoms with Gasteiger partial charge in [-0.15, -0.1) is 11.8 Å². The number of amides is 1. The number of nitrogens with zero attached hydrogens (tertiary/aromatic N) is 2. The van der Waals surface area contributed by atoms with E-state index in [0.717, 1.165) is 4.90 Å². The zero-order valence-electron chi connectivity index (χ0n) is 12.2. The van der Waals surface area contributed by atoms with Gasteiger partial charge >= 0.3 is 6.09 Å². The molecule has 0 radical (unpaired) electrons. The highest BCUT2D eigenvalue weighted by atomic mass is 32.2. The quantitative estimate of drug-likeness (QED) is 0.632. The van der Waals surface area contributed by atoms with Gasteiger partial charge in [0.2, 0.25) is 0 Å². The number of likely N-dealkylation sites (tertiary alicyclic amines) is 1. The van der Waals surface area contributed by atoms with E-state index in [4.69, 9.17) is 4.74 Å². The molecule has 6 nitrogen and oxygen atoms in total. The summed E-state index contributed by atoms with van der Waals surface area (Å²) in [5.41, 5.74) is -0.404. The van der Waals surface area contributed by atoms with Gasteiger partial charge in [0.15, 0.2) is 0 Å². The highest BCUT2D eigenvalue weighted by Gasteiger charge is 2.34. The van der Waals surface area contributed by atoms with Crippen LogP contribution in [-0.4, -0.2) is 39.9 Å². The number of non-ortho nitro benzene ring substituents is 1. The summed E-state index contributed by atoms with van der Waals surface area (Å²) in [7, 11) is 0. The van der Waals surface area contributed by atoms with Crippen molar-refractivity contribution >= 4 is 23.5 Å². The number of nitro groups is 1. The normalized spacial score (nSPS) is 15.5. The molecule has 1 aliphatic rings. The molecule has 21 heavy (non-hydrogen) atoms. The fourth-order valence-corrected chi connectivity index (χ4v) is 3.09. The van der Waals surface area contributed by atoms with E-state index in [1.807, 2.05) is 26.8 Å². The number of carbonyl (C=O) groups is 1. The first-order valence-corrected chi connectivity index (χ1v) is 7.51. The van der Waals surface area contributed by atoms with Gasteiger partial charge in [0.25, 0.3) is 5.69 Å². The largest absolute Gasteiger partial charge is 0.444 e. The first-order valence-electron chi connectivity index (χ1n) is 6.63. The van der Waals surface area contributed by atoms with Gasteiger partial charge in [-0.05, 0) is 26.8 Å². The lowest BCUT2D eigenvalue weighted by Gasteiger charge is -2.39. The Kier molecular flexibility index (Phi) is 4.41. The van der Waals surface area contributed by atoms with E-state index in [9.17, 15) is 14.9 Å². The first-order chi connectivity index (χ1) is 9.74. The summed E-state index contributed by atoms with van der Waals surface area (Å²) < 4.78 is 5.28. The van der Waals surface area contributed by atoms with Crippen LogP contribution in [-0.2, 0) is 4.74 Å². The van der Waals surface area contributed by atoms with Crippen molar-refractivity contribution in [2.75, 3.05) is 13.1 Å². The molecular weight excluding hydrogens is 292 g/mol. The molecule has 1 aromatic rings. The molecule has 0 atom stereocenters. The summed E-state index contributed by atoms with van der Waals surface area (Å²) in [5, 5.41) is 11.0. The fourth-order valence-electron chi connectivity index (χ4n) is 1.85. The summed E-state index contributed by atoms with van der Waals surface area (Å²) in [4.78, 5) is 24.6. The van der Waals surface area contributed by atoms with Crippen LogP contribution in [0.3, 0.4) is 0 Å². The average Bonchev–Trinajstić information content (AvgIpc) is 2.31. The summed E-state index contributed by atoms with van der Waals surface area (Å²) in [6.45, 7) is 6.70. The second kappa shape index (κ2) is 5.93. The summed E-state index contributed by atoms with van der Waals surface area (Å²) in [6, 6.07) is 6.54.